The van der Waals surface area contributed by atoms with Gasteiger partial charge in [0.1, 0.15) is 5.75 Å². The van der Waals surface area contributed by atoms with Gasteiger partial charge in [-0.2, -0.15) is 5.10 Å². The van der Waals surface area contributed by atoms with E-state index >= 15 is 0 Å². The second-order valence-corrected chi connectivity index (χ2v) is 7.42. The molecular weight excluding hydrogens is 424 g/mol. The van der Waals surface area contributed by atoms with Gasteiger partial charge in [0.05, 0.1) is 18.9 Å². The zero-order valence-electron chi connectivity index (χ0n) is 15.5. The summed E-state index contributed by atoms with van der Waals surface area (Å²) in [5.74, 6) is -0.401. The minimum absolute atomic E-state index is 0.0395. The van der Waals surface area contributed by atoms with E-state index < -0.39 is 5.97 Å². The van der Waals surface area contributed by atoms with E-state index in [0.717, 1.165) is 21.3 Å². The number of para-hydroxylation sites is 1. The number of halogens is 1. The van der Waals surface area contributed by atoms with Gasteiger partial charge in [0.2, 0.25) is 5.91 Å². The summed E-state index contributed by atoms with van der Waals surface area (Å²) in [7, 11) is 1.60. The average Bonchev–Trinajstić information content (AvgIpc) is 3.13. The zero-order chi connectivity index (χ0) is 20.1. The van der Waals surface area contributed by atoms with E-state index in [1.807, 2.05) is 48.5 Å². The normalized spacial score (nSPS) is 16.0. The summed E-state index contributed by atoms with van der Waals surface area (Å²) in [5.41, 5.74) is 2.64. The lowest BCUT2D eigenvalue weighted by Gasteiger charge is -2.23. The van der Waals surface area contributed by atoms with E-state index in [4.69, 9.17) is 9.84 Å². The number of nitrogens with zero attached hydrogens (tertiary/aromatic N) is 2. The number of carbonyl (C=O) groups excluding carboxylic acids is 1. The van der Waals surface area contributed by atoms with Gasteiger partial charge in [-0.05, 0) is 30.2 Å². The monoisotopic (exact) mass is 444 g/mol. The highest BCUT2D eigenvalue weighted by molar-refractivity contribution is 9.10. The molecule has 0 aliphatic carbocycles. The number of hydrogen-bond acceptors (Lipinski definition) is 4. The molecule has 0 bridgehead atoms. The molecule has 0 saturated carbocycles. The summed E-state index contributed by atoms with van der Waals surface area (Å²) in [6.07, 6.45) is 0.941. The summed E-state index contributed by atoms with van der Waals surface area (Å²) < 4.78 is 6.45. The van der Waals surface area contributed by atoms with Crippen molar-refractivity contribution in [3.05, 3.63) is 64.1 Å². The van der Waals surface area contributed by atoms with E-state index in [-0.39, 0.29) is 31.2 Å². The Morgan fingerprint density at radius 1 is 1.18 bits per heavy atom. The molecule has 28 heavy (non-hydrogen) atoms. The molecule has 0 spiro atoms. The first-order valence-electron chi connectivity index (χ1n) is 8.99. The van der Waals surface area contributed by atoms with Gasteiger partial charge in [0, 0.05) is 29.3 Å². The van der Waals surface area contributed by atoms with E-state index in [1.54, 1.807) is 7.11 Å². The van der Waals surface area contributed by atoms with E-state index in [1.165, 1.54) is 5.01 Å². The van der Waals surface area contributed by atoms with Crippen molar-refractivity contribution in [1.29, 1.82) is 0 Å². The number of rotatable bonds is 7. The van der Waals surface area contributed by atoms with Crippen molar-refractivity contribution < 1.29 is 19.4 Å². The molecule has 1 amide bonds. The molecule has 1 aliphatic heterocycles. The van der Waals surface area contributed by atoms with Crippen molar-refractivity contribution in [2.24, 2.45) is 5.10 Å². The Hall–Kier alpha value is -2.67. The highest BCUT2D eigenvalue weighted by atomic mass is 79.9. The largest absolute Gasteiger partial charge is 0.496 e. The number of amides is 1. The lowest BCUT2D eigenvalue weighted by atomic mass is 9.97. The highest BCUT2D eigenvalue weighted by Gasteiger charge is 2.34. The number of carboxylic acid groups (broad SMARTS) is 1. The average molecular weight is 445 g/mol. The van der Waals surface area contributed by atoms with Crippen LogP contribution in [0.3, 0.4) is 0 Å². The van der Waals surface area contributed by atoms with Crippen LogP contribution < -0.4 is 4.74 Å². The molecule has 7 heteroatoms. The maximum atomic E-state index is 12.8. The van der Waals surface area contributed by atoms with Gasteiger partial charge in [0.25, 0.3) is 0 Å². The fourth-order valence-corrected chi connectivity index (χ4v) is 3.51. The maximum Gasteiger partial charge on any atom is 0.303 e. The van der Waals surface area contributed by atoms with E-state index in [9.17, 15) is 9.59 Å². The summed E-state index contributed by atoms with van der Waals surface area (Å²) in [6.45, 7) is 0. The molecule has 6 nitrogen and oxygen atoms in total. The van der Waals surface area contributed by atoms with Gasteiger partial charge >= 0.3 is 5.97 Å². The van der Waals surface area contributed by atoms with Crippen LogP contribution in [0.25, 0.3) is 0 Å². The molecule has 3 rings (SSSR count). The number of methoxy groups -OCH3 is 1. The minimum Gasteiger partial charge on any atom is -0.496 e. The standard InChI is InChI=1S/C21H21BrN2O4/c1-28-19-6-3-2-5-16(19)18-13-17(14-9-11-15(22)12-10-14)23-24(18)20(25)7-4-8-21(26)27/h2-3,5-6,9-12,18H,4,7-8,13H2,1H3,(H,26,27)/t18-/m0/s1. The Kier molecular flexibility index (Phi) is 6.46. The first-order chi connectivity index (χ1) is 13.5. The van der Waals surface area contributed by atoms with Crippen LogP contribution in [0.1, 0.15) is 42.9 Å². The summed E-state index contributed by atoms with van der Waals surface area (Å²) in [6, 6.07) is 15.1. The molecule has 146 valence electrons. The van der Waals surface area contributed by atoms with Gasteiger partial charge in [-0.1, -0.05) is 46.3 Å². The predicted octanol–water partition coefficient (Wildman–Crippen LogP) is 4.39. The van der Waals surface area contributed by atoms with Gasteiger partial charge in [-0.3, -0.25) is 9.59 Å². The first kappa shape index (κ1) is 20.1. The third kappa shape index (κ3) is 4.59. The Morgan fingerprint density at radius 2 is 1.89 bits per heavy atom. The number of ether oxygens (including phenoxy) is 1. The molecular formula is C21H21BrN2O4. The zero-order valence-corrected chi connectivity index (χ0v) is 17.1. The summed E-state index contributed by atoms with van der Waals surface area (Å²) in [5, 5.41) is 14.9. The van der Waals surface area contributed by atoms with Crippen LogP contribution in [0.4, 0.5) is 0 Å². The predicted molar refractivity (Wildman–Crippen MR) is 109 cm³/mol. The third-order valence-electron chi connectivity index (χ3n) is 4.62. The molecule has 0 saturated heterocycles. The Labute approximate surface area is 171 Å². The molecule has 1 N–H and O–H groups in total. The topological polar surface area (TPSA) is 79.2 Å². The smallest absolute Gasteiger partial charge is 0.303 e. The van der Waals surface area contributed by atoms with Crippen LogP contribution in [0, 0.1) is 0 Å². The van der Waals surface area contributed by atoms with E-state index in [0.29, 0.717) is 12.2 Å². The first-order valence-corrected chi connectivity index (χ1v) is 9.79. The number of hydrazone groups is 1. The maximum absolute atomic E-state index is 12.8. The summed E-state index contributed by atoms with van der Waals surface area (Å²) in [4.78, 5) is 23.6. The van der Waals surface area contributed by atoms with Crippen molar-refractivity contribution in [3.8, 4) is 5.75 Å². The fourth-order valence-electron chi connectivity index (χ4n) is 3.25. The second-order valence-electron chi connectivity index (χ2n) is 6.50. The molecule has 0 radical (unpaired) electrons. The van der Waals surface area contributed by atoms with Gasteiger partial charge < -0.3 is 9.84 Å². The Morgan fingerprint density at radius 3 is 2.57 bits per heavy atom. The third-order valence-corrected chi connectivity index (χ3v) is 5.15. The molecule has 1 aliphatic rings. The molecule has 0 fully saturated rings. The van der Waals surface area contributed by atoms with Crippen LogP contribution in [-0.2, 0) is 9.59 Å². The fraction of sp³-hybridized carbons (Fsp3) is 0.286. The molecule has 0 unspecified atom stereocenters. The van der Waals surface area contributed by atoms with Gasteiger partial charge in [0.15, 0.2) is 0 Å². The van der Waals surface area contributed by atoms with Crippen LogP contribution in [0.2, 0.25) is 0 Å². The Bertz CT molecular complexity index is 896. The molecule has 2 aromatic carbocycles. The van der Waals surface area contributed by atoms with E-state index in [2.05, 4.69) is 21.0 Å². The van der Waals surface area contributed by atoms with Crippen molar-refractivity contribution in [2.45, 2.75) is 31.7 Å². The second kappa shape index (κ2) is 9.01. The number of aliphatic carboxylic acids is 1. The SMILES string of the molecule is COc1ccccc1[C@@H]1CC(c2ccc(Br)cc2)=NN1C(=O)CCCC(=O)O. The van der Waals surface area contributed by atoms with Gasteiger partial charge in [-0.25, -0.2) is 5.01 Å². The van der Waals surface area contributed by atoms with Crippen LogP contribution >= 0.6 is 15.9 Å². The number of hydrogen-bond donors (Lipinski definition) is 1. The number of carbonyl (C=O) groups is 2. The summed E-state index contributed by atoms with van der Waals surface area (Å²) >= 11 is 3.43. The molecule has 1 heterocycles. The van der Waals surface area contributed by atoms with Crippen molar-refractivity contribution in [3.63, 3.8) is 0 Å². The lowest BCUT2D eigenvalue weighted by molar-refractivity contribution is -0.137. The van der Waals surface area contributed by atoms with Crippen molar-refractivity contribution >= 4 is 33.5 Å². The van der Waals surface area contributed by atoms with Crippen LogP contribution in [-0.4, -0.2) is 34.8 Å². The minimum atomic E-state index is -0.908. The quantitative estimate of drug-likeness (QED) is 0.686. The molecule has 1 atom stereocenters. The van der Waals surface area contributed by atoms with Crippen LogP contribution in [0.15, 0.2) is 58.1 Å². The number of benzene rings is 2. The van der Waals surface area contributed by atoms with Crippen molar-refractivity contribution in [2.75, 3.05) is 7.11 Å². The number of carboxylic acids is 1. The Balaban J connectivity index is 1.90. The highest BCUT2D eigenvalue weighted by Crippen LogP contribution is 2.37. The molecule has 2 aromatic rings. The van der Waals surface area contributed by atoms with Gasteiger partial charge in [-0.15, -0.1) is 0 Å². The lowest BCUT2D eigenvalue weighted by Crippen LogP contribution is -2.27. The van der Waals surface area contributed by atoms with Crippen LogP contribution in [0.5, 0.6) is 5.75 Å². The molecule has 0 aromatic heterocycles. The van der Waals surface area contributed by atoms with Crippen molar-refractivity contribution in [1.82, 2.24) is 5.01 Å².